The van der Waals surface area contributed by atoms with Crippen LogP contribution in [-0.2, 0) is 14.6 Å². The van der Waals surface area contributed by atoms with Crippen molar-refractivity contribution in [3.8, 4) is 0 Å². The van der Waals surface area contributed by atoms with Crippen molar-refractivity contribution in [1.82, 2.24) is 5.32 Å². The molecule has 0 saturated carbocycles. The highest BCUT2D eigenvalue weighted by molar-refractivity contribution is 7.92. The van der Waals surface area contributed by atoms with Gasteiger partial charge in [0.15, 0.2) is 9.84 Å². The monoisotopic (exact) mass is 251 g/mol. The largest absolute Gasteiger partial charge is 0.383 e. The van der Waals surface area contributed by atoms with Gasteiger partial charge in [-0.15, -0.1) is 0 Å². The van der Waals surface area contributed by atoms with Crippen LogP contribution in [0.1, 0.15) is 27.2 Å². The average molecular weight is 251 g/mol. The Bertz CT molecular complexity index is 262. The molecule has 0 aromatic rings. The van der Waals surface area contributed by atoms with Crippen molar-refractivity contribution in [3.63, 3.8) is 0 Å². The van der Waals surface area contributed by atoms with Crippen molar-refractivity contribution in [2.45, 2.75) is 32.4 Å². The Morgan fingerprint density at radius 3 is 2.38 bits per heavy atom. The van der Waals surface area contributed by atoms with Gasteiger partial charge in [-0.05, 0) is 19.3 Å². The molecule has 1 N–H and O–H groups in total. The van der Waals surface area contributed by atoms with Gasteiger partial charge in [0.25, 0.3) is 0 Å². The molecule has 0 heterocycles. The molecule has 16 heavy (non-hydrogen) atoms. The van der Waals surface area contributed by atoms with E-state index >= 15 is 0 Å². The SMILES string of the molecule is COCCNCC(C)S(=O)(=O)CCC(C)C. The molecule has 0 aromatic carbocycles. The molecule has 0 radical (unpaired) electrons. The van der Waals surface area contributed by atoms with E-state index in [9.17, 15) is 8.42 Å². The Hall–Kier alpha value is -0.130. The lowest BCUT2D eigenvalue weighted by atomic mass is 10.2. The van der Waals surface area contributed by atoms with E-state index < -0.39 is 9.84 Å². The molecule has 0 spiro atoms. The zero-order valence-corrected chi connectivity index (χ0v) is 11.6. The first-order valence-electron chi connectivity index (χ1n) is 5.81. The first-order chi connectivity index (χ1) is 7.40. The number of sulfone groups is 1. The van der Waals surface area contributed by atoms with Crippen LogP contribution < -0.4 is 5.32 Å². The third-order valence-electron chi connectivity index (χ3n) is 2.51. The van der Waals surface area contributed by atoms with Crippen molar-refractivity contribution in [2.24, 2.45) is 5.92 Å². The second kappa shape index (κ2) is 8.03. The molecule has 1 unspecified atom stereocenters. The van der Waals surface area contributed by atoms with E-state index in [4.69, 9.17) is 4.74 Å². The molecule has 0 aromatic heterocycles. The van der Waals surface area contributed by atoms with Crippen LogP contribution in [0.3, 0.4) is 0 Å². The molecule has 0 aliphatic heterocycles. The van der Waals surface area contributed by atoms with Gasteiger partial charge in [0.1, 0.15) is 0 Å². The number of ether oxygens (including phenoxy) is 1. The van der Waals surface area contributed by atoms with Crippen LogP contribution in [0, 0.1) is 5.92 Å². The van der Waals surface area contributed by atoms with E-state index in [-0.39, 0.29) is 11.0 Å². The third-order valence-corrected chi connectivity index (χ3v) is 4.71. The summed E-state index contributed by atoms with van der Waals surface area (Å²) < 4.78 is 28.5. The summed E-state index contributed by atoms with van der Waals surface area (Å²) in [6.45, 7) is 7.65. The molecule has 0 bridgehead atoms. The van der Waals surface area contributed by atoms with Crippen molar-refractivity contribution in [3.05, 3.63) is 0 Å². The number of nitrogens with one attached hydrogen (secondary N) is 1. The molecular weight excluding hydrogens is 226 g/mol. The van der Waals surface area contributed by atoms with E-state index in [1.165, 1.54) is 0 Å². The first kappa shape index (κ1) is 15.9. The molecule has 1 atom stereocenters. The van der Waals surface area contributed by atoms with Crippen LogP contribution in [-0.4, -0.2) is 46.2 Å². The molecule has 4 nitrogen and oxygen atoms in total. The minimum atomic E-state index is -2.95. The van der Waals surface area contributed by atoms with Gasteiger partial charge >= 0.3 is 0 Å². The summed E-state index contributed by atoms with van der Waals surface area (Å²) in [5.41, 5.74) is 0. The van der Waals surface area contributed by atoms with E-state index in [1.54, 1.807) is 14.0 Å². The normalized spacial score (nSPS) is 14.3. The average Bonchev–Trinajstić information content (AvgIpc) is 2.21. The highest BCUT2D eigenvalue weighted by Gasteiger charge is 2.20. The standard InChI is InChI=1S/C11H25NO3S/c1-10(2)5-8-16(13,14)11(3)9-12-6-7-15-4/h10-12H,5-9H2,1-4H3. The Morgan fingerprint density at radius 1 is 1.25 bits per heavy atom. The fraction of sp³-hybridized carbons (Fsp3) is 1.00. The zero-order chi connectivity index (χ0) is 12.6. The summed E-state index contributed by atoms with van der Waals surface area (Å²) in [7, 11) is -1.32. The summed E-state index contributed by atoms with van der Waals surface area (Å²) in [6, 6.07) is 0. The lowest BCUT2D eigenvalue weighted by Gasteiger charge is -2.14. The van der Waals surface area contributed by atoms with Gasteiger partial charge in [0, 0.05) is 20.2 Å². The maximum absolute atomic E-state index is 11.8. The van der Waals surface area contributed by atoms with Gasteiger partial charge in [-0.25, -0.2) is 8.42 Å². The van der Waals surface area contributed by atoms with Gasteiger partial charge < -0.3 is 10.1 Å². The maximum Gasteiger partial charge on any atom is 0.154 e. The van der Waals surface area contributed by atoms with E-state index in [0.717, 1.165) is 6.42 Å². The molecule has 0 rings (SSSR count). The second-order valence-electron chi connectivity index (χ2n) is 4.56. The fourth-order valence-corrected chi connectivity index (χ4v) is 2.78. The number of rotatable bonds is 9. The predicted octanol–water partition coefficient (Wildman–Crippen LogP) is 1.07. The number of hydrogen-bond donors (Lipinski definition) is 1. The molecule has 0 aliphatic rings. The van der Waals surface area contributed by atoms with Crippen molar-refractivity contribution in [2.75, 3.05) is 32.6 Å². The van der Waals surface area contributed by atoms with E-state index in [0.29, 0.717) is 25.6 Å². The molecule has 0 amide bonds. The van der Waals surface area contributed by atoms with Crippen molar-refractivity contribution in [1.29, 1.82) is 0 Å². The predicted molar refractivity (Wildman–Crippen MR) is 67.4 cm³/mol. The highest BCUT2D eigenvalue weighted by Crippen LogP contribution is 2.08. The number of hydrogen-bond acceptors (Lipinski definition) is 4. The Labute approximate surface area is 99.7 Å². The quantitative estimate of drug-likeness (QED) is 0.623. The summed E-state index contributed by atoms with van der Waals surface area (Å²) in [5, 5.41) is 2.76. The minimum absolute atomic E-state index is 0.289. The second-order valence-corrected chi connectivity index (χ2v) is 7.10. The molecular formula is C11H25NO3S. The molecule has 0 saturated heterocycles. The minimum Gasteiger partial charge on any atom is -0.383 e. The summed E-state index contributed by atoms with van der Waals surface area (Å²) in [5.74, 6) is 0.723. The lowest BCUT2D eigenvalue weighted by Crippen LogP contribution is -2.34. The Kier molecular flexibility index (Phi) is 7.97. The highest BCUT2D eigenvalue weighted by atomic mass is 32.2. The molecule has 0 aliphatic carbocycles. The zero-order valence-electron chi connectivity index (χ0n) is 10.8. The van der Waals surface area contributed by atoms with Gasteiger partial charge in [0.2, 0.25) is 0 Å². The molecule has 98 valence electrons. The van der Waals surface area contributed by atoms with Crippen LogP contribution in [0.25, 0.3) is 0 Å². The topological polar surface area (TPSA) is 55.4 Å². The molecule has 0 fully saturated rings. The van der Waals surface area contributed by atoms with Crippen LogP contribution in [0.2, 0.25) is 0 Å². The van der Waals surface area contributed by atoms with Crippen LogP contribution >= 0.6 is 0 Å². The summed E-state index contributed by atoms with van der Waals surface area (Å²) in [4.78, 5) is 0. The lowest BCUT2D eigenvalue weighted by molar-refractivity contribution is 0.199. The summed E-state index contributed by atoms with van der Waals surface area (Å²) >= 11 is 0. The smallest absolute Gasteiger partial charge is 0.154 e. The van der Waals surface area contributed by atoms with Crippen molar-refractivity contribution >= 4 is 9.84 Å². The Balaban J connectivity index is 3.90. The van der Waals surface area contributed by atoms with Gasteiger partial charge in [-0.2, -0.15) is 0 Å². The summed E-state index contributed by atoms with van der Waals surface area (Å²) in [6.07, 6.45) is 0.741. The van der Waals surface area contributed by atoms with E-state index in [2.05, 4.69) is 5.32 Å². The van der Waals surface area contributed by atoms with Crippen LogP contribution in [0.5, 0.6) is 0 Å². The third kappa shape index (κ3) is 7.19. The Morgan fingerprint density at radius 2 is 1.88 bits per heavy atom. The van der Waals surface area contributed by atoms with E-state index in [1.807, 2.05) is 13.8 Å². The molecule has 5 heteroatoms. The maximum atomic E-state index is 11.8. The fourth-order valence-electron chi connectivity index (χ4n) is 1.21. The van der Waals surface area contributed by atoms with Crippen LogP contribution in [0.4, 0.5) is 0 Å². The van der Waals surface area contributed by atoms with Crippen molar-refractivity contribution < 1.29 is 13.2 Å². The van der Waals surface area contributed by atoms with Gasteiger partial charge in [-0.3, -0.25) is 0 Å². The van der Waals surface area contributed by atoms with Crippen LogP contribution in [0.15, 0.2) is 0 Å². The first-order valence-corrected chi connectivity index (χ1v) is 7.53. The van der Waals surface area contributed by atoms with Gasteiger partial charge in [-0.1, -0.05) is 13.8 Å². The number of methoxy groups -OCH3 is 1. The van der Waals surface area contributed by atoms with Gasteiger partial charge in [0.05, 0.1) is 17.6 Å².